The fraction of sp³-hybridized carbons (Fsp3) is 0.355. The van der Waals surface area contributed by atoms with Crippen molar-refractivity contribution in [1.29, 1.82) is 0 Å². The van der Waals surface area contributed by atoms with Crippen molar-refractivity contribution in [3.8, 4) is 11.5 Å². The van der Waals surface area contributed by atoms with Crippen LogP contribution in [-0.4, -0.2) is 63.7 Å². The zero-order valence-corrected chi connectivity index (χ0v) is 26.5. The Kier molecular flexibility index (Phi) is 11.7. The highest BCUT2D eigenvalue weighted by Gasteiger charge is 2.34. The van der Waals surface area contributed by atoms with Crippen LogP contribution in [0.1, 0.15) is 33.3 Å². The predicted octanol–water partition coefficient (Wildman–Crippen LogP) is 4.95. The lowest BCUT2D eigenvalue weighted by molar-refractivity contribution is -0.139. The topological polar surface area (TPSA) is 105 Å². The van der Waals surface area contributed by atoms with Gasteiger partial charge in [0.05, 0.1) is 24.3 Å². The van der Waals surface area contributed by atoms with Gasteiger partial charge in [-0.3, -0.25) is 13.9 Å². The third kappa shape index (κ3) is 8.19. The Bertz CT molecular complexity index is 1440. The van der Waals surface area contributed by atoms with Crippen molar-refractivity contribution in [2.75, 3.05) is 30.8 Å². The molecule has 0 saturated heterocycles. The first-order valence-corrected chi connectivity index (χ1v) is 16.3. The molecule has 0 aliphatic carbocycles. The number of nitrogens with one attached hydrogen (secondary N) is 1. The first-order chi connectivity index (χ1) is 20.0. The average Bonchev–Trinajstić information content (AvgIpc) is 2.98. The summed E-state index contributed by atoms with van der Waals surface area (Å²) in [6.07, 6.45) is 1.90. The number of para-hydroxylation sites is 2. The van der Waals surface area contributed by atoms with E-state index in [0.717, 1.165) is 14.8 Å². The third-order valence-corrected chi connectivity index (χ3v) is 8.99. The lowest BCUT2D eigenvalue weighted by atomic mass is 10.1. The number of hydrogen-bond donors (Lipinski definition) is 1. The molecule has 0 aliphatic rings. The maximum absolute atomic E-state index is 14.1. The lowest BCUT2D eigenvalue weighted by Gasteiger charge is -2.32. The number of carbonyl (C=O) groups is 2. The summed E-state index contributed by atoms with van der Waals surface area (Å²) in [5.74, 6) is 0.0837. The first-order valence-electron chi connectivity index (χ1n) is 13.6. The van der Waals surface area contributed by atoms with Crippen LogP contribution < -0.4 is 19.1 Å². The van der Waals surface area contributed by atoms with Crippen molar-refractivity contribution in [2.45, 2.75) is 56.1 Å². The van der Waals surface area contributed by atoms with Crippen molar-refractivity contribution >= 4 is 39.3 Å². The number of rotatable bonds is 14. The molecule has 1 N–H and O–H groups in total. The quantitative estimate of drug-likeness (QED) is 0.257. The van der Waals surface area contributed by atoms with Gasteiger partial charge in [0, 0.05) is 17.5 Å². The highest BCUT2D eigenvalue weighted by molar-refractivity contribution is 7.98. The SMILES string of the molecule is CCOc1ccccc1N(CC(=O)N(Cc1ccc(OC)cc1)C(C)C(=O)NC(C)C)S(=O)(=O)c1ccc(SC)cc1. The molecule has 1 atom stereocenters. The van der Waals surface area contributed by atoms with E-state index >= 15 is 0 Å². The summed E-state index contributed by atoms with van der Waals surface area (Å²) in [5, 5.41) is 2.85. The summed E-state index contributed by atoms with van der Waals surface area (Å²) < 4.78 is 40.3. The molecule has 0 spiro atoms. The molecule has 0 bridgehead atoms. The van der Waals surface area contributed by atoms with Crippen molar-refractivity contribution in [1.82, 2.24) is 10.2 Å². The van der Waals surface area contributed by atoms with Gasteiger partial charge in [-0.25, -0.2) is 8.42 Å². The Hall–Kier alpha value is -3.70. The van der Waals surface area contributed by atoms with Crippen LogP contribution in [0.15, 0.2) is 82.6 Å². The number of nitrogens with zero attached hydrogens (tertiary/aromatic N) is 2. The maximum Gasteiger partial charge on any atom is 0.264 e. The molecule has 0 aliphatic heterocycles. The lowest BCUT2D eigenvalue weighted by Crippen LogP contribution is -2.52. The standard InChI is InChI=1S/C31H39N3O6S2/c1-7-40-29-11-9-8-10-28(29)34(42(37,38)27-18-16-26(41-6)17-19-27)21-30(35)33(23(4)31(36)32-22(2)3)20-24-12-14-25(39-5)15-13-24/h8-19,22-23H,7,20-21H2,1-6H3,(H,32,36). The highest BCUT2D eigenvalue weighted by atomic mass is 32.2. The molecule has 3 rings (SSSR count). The van der Waals surface area contributed by atoms with Gasteiger partial charge in [0.1, 0.15) is 24.1 Å². The first kappa shape index (κ1) is 32.8. The van der Waals surface area contributed by atoms with Crippen LogP contribution >= 0.6 is 11.8 Å². The van der Waals surface area contributed by atoms with Gasteiger partial charge in [-0.2, -0.15) is 0 Å². The van der Waals surface area contributed by atoms with Crippen LogP contribution in [0.5, 0.6) is 11.5 Å². The van der Waals surface area contributed by atoms with Crippen LogP contribution in [0.2, 0.25) is 0 Å². The van der Waals surface area contributed by atoms with E-state index in [9.17, 15) is 18.0 Å². The molecule has 1 unspecified atom stereocenters. The molecule has 0 saturated carbocycles. The van der Waals surface area contributed by atoms with Crippen molar-refractivity contribution < 1.29 is 27.5 Å². The number of hydrogen-bond acceptors (Lipinski definition) is 7. The van der Waals surface area contributed by atoms with Gasteiger partial charge in [-0.1, -0.05) is 24.3 Å². The molecule has 0 radical (unpaired) electrons. The van der Waals surface area contributed by atoms with Crippen molar-refractivity contribution in [2.24, 2.45) is 0 Å². The molecule has 0 aromatic heterocycles. The van der Waals surface area contributed by atoms with Crippen LogP contribution in [0.25, 0.3) is 0 Å². The van der Waals surface area contributed by atoms with Crippen molar-refractivity contribution in [3.63, 3.8) is 0 Å². The number of sulfonamides is 1. The Morgan fingerprint density at radius 2 is 1.60 bits per heavy atom. The number of benzene rings is 3. The Morgan fingerprint density at radius 3 is 2.17 bits per heavy atom. The van der Waals surface area contributed by atoms with Gasteiger partial charge in [0.25, 0.3) is 10.0 Å². The Balaban J connectivity index is 2.08. The summed E-state index contributed by atoms with van der Waals surface area (Å²) in [6.45, 7) is 6.94. The normalized spacial score (nSPS) is 12.0. The van der Waals surface area contributed by atoms with E-state index in [1.807, 2.05) is 20.1 Å². The molecule has 0 heterocycles. The van der Waals surface area contributed by atoms with E-state index in [1.165, 1.54) is 28.8 Å². The second kappa shape index (κ2) is 15.0. The number of carbonyl (C=O) groups excluding carboxylic acids is 2. The fourth-order valence-corrected chi connectivity index (χ4v) is 6.08. The van der Waals surface area contributed by atoms with E-state index in [4.69, 9.17) is 9.47 Å². The summed E-state index contributed by atoms with van der Waals surface area (Å²) in [4.78, 5) is 29.5. The number of anilines is 1. The zero-order chi connectivity index (χ0) is 30.9. The maximum atomic E-state index is 14.1. The minimum absolute atomic E-state index is 0.0340. The van der Waals surface area contributed by atoms with Crippen LogP contribution in [-0.2, 0) is 26.2 Å². The molecule has 11 heteroatoms. The van der Waals surface area contributed by atoms with Gasteiger partial charge in [-0.15, -0.1) is 11.8 Å². The smallest absolute Gasteiger partial charge is 0.264 e. The molecule has 9 nitrogen and oxygen atoms in total. The highest BCUT2D eigenvalue weighted by Crippen LogP contribution is 2.33. The van der Waals surface area contributed by atoms with Gasteiger partial charge in [0.15, 0.2) is 0 Å². The predicted molar refractivity (Wildman–Crippen MR) is 167 cm³/mol. The number of amides is 2. The zero-order valence-electron chi connectivity index (χ0n) is 24.9. The van der Waals surface area contributed by atoms with E-state index in [0.29, 0.717) is 18.1 Å². The summed E-state index contributed by atoms with van der Waals surface area (Å²) in [6, 6.07) is 19.3. The summed E-state index contributed by atoms with van der Waals surface area (Å²) >= 11 is 1.49. The number of methoxy groups -OCH3 is 1. The monoisotopic (exact) mass is 613 g/mol. The molecular formula is C31H39N3O6S2. The van der Waals surface area contributed by atoms with Crippen LogP contribution in [0.4, 0.5) is 5.69 Å². The molecule has 226 valence electrons. The molecule has 3 aromatic rings. The molecular weight excluding hydrogens is 574 g/mol. The minimum Gasteiger partial charge on any atom is -0.497 e. The second-order valence-electron chi connectivity index (χ2n) is 9.80. The van der Waals surface area contributed by atoms with E-state index in [2.05, 4.69) is 5.32 Å². The van der Waals surface area contributed by atoms with Crippen LogP contribution in [0, 0.1) is 0 Å². The van der Waals surface area contributed by atoms with Crippen molar-refractivity contribution in [3.05, 3.63) is 78.4 Å². The van der Waals surface area contributed by atoms with Gasteiger partial charge < -0.3 is 19.7 Å². The minimum atomic E-state index is -4.22. The largest absolute Gasteiger partial charge is 0.497 e. The molecule has 0 fully saturated rings. The molecule has 42 heavy (non-hydrogen) atoms. The Labute approximate surface area is 253 Å². The van der Waals surface area contributed by atoms with Gasteiger partial charge in [-0.05, 0) is 88.0 Å². The van der Waals surface area contributed by atoms with E-state index in [1.54, 1.807) is 81.6 Å². The Morgan fingerprint density at radius 1 is 0.952 bits per heavy atom. The third-order valence-electron chi connectivity index (χ3n) is 6.47. The number of ether oxygens (including phenoxy) is 2. The summed E-state index contributed by atoms with van der Waals surface area (Å²) in [5.41, 5.74) is 0.982. The van der Waals surface area contributed by atoms with Crippen LogP contribution in [0.3, 0.4) is 0 Å². The molecule has 2 amide bonds. The van der Waals surface area contributed by atoms with Gasteiger partial charge >= 0.3 is 0 Å². The average molecular weight is 614 g/mol. The van der Waals surface area contributed by atoms with Gasteiger partial charge in [0.2, 0.25) is 11.8 Å². The number of thioether (sulfide) groups is 1. The fourth-order valence-electron chi connectivity index (χ4n) is 4.24. The van der Waals surface area contributed by atoms with E-state index < -0.39 is 28.5 Å². The molecule has 3 aromatic carbocycles. The second-order valence-corrected chi connectivity index (χ2v) is 12.5. The summed E-state index contributed by atoms with van der Waals surface area (Å²) in [7, 11) is -2.65. The van der Waals surface area contributed by atoms with E-state index in [-0.39, 0.29) is 29.1 Å².